The van der Waals surface area contributed by atoms with Crippen LogP contribution in [-0.2, 0) is 75.1 Å². The number of aliphatic imine (C=N–C) groups is 1. The normalized spacial score (nSPS) is 22.2. The Hall–Kier alpha value is -11.0. The first-order chi connectivity index (χ1) is 68.2. The molecule has 15 rings (SSSR count). The van der Waals surface area contributed by atoms with Crippen LogP contribution in [-0.4, -0.2) is 281 Å². The van der Waals surface area contributed by atoms with Gasteiger partial charge >= 0.3 is 5.97 Å². The van der Waals surface area contributed by atoms with Gasteiger partial charge in [-0.1, -0.05) is 18.2 Å². The van der Waals surface area contributed by atoms with Crippen LogP contribution >= 0.6 is 0 Å². The minimum absolute atomic E-state index is 0.0111. The number of carbonyl (C=O) groups is 9. The van der Waals surface area contributed by atoms with Gasteiger partial charge in [0.1, 0.15) is 0 Å². The molecule has 0 spiro atoms. The Morgan fingerprint density at radius 3 is 1.22 bits per heavy atom. The molecule has 37 nitrogen and oxygen atoms in total. The Balaban J connectivity index is 0.000000169. The standard InChI is InChI=1S/C29H44N4O6.C28H39N3O7.C27H36N2O8.C19H28N4O3/c1-4-5-12-27(35)33-23-18-25(37-16-9-11-26(34)31-20-30-2)24(36-3)17-21(23)19-32-14-8-10-22(32)29(33)39-28-13-6-7-15-38-28;1-4-5-12-25(33)31-21-18-23(36-16-9-11-24(32)29-2)22(35-3)17-19(21)27(34)30-14-8-10-20(30)28(31)38-26-13-6-7-15-37-26;1-3-4-10-23(30)29-20-17-22(35-15-8-11-24(31)32)21(34-2)16-18(20)26(33)28-13-7-9-19(28)27(29)37-25-12-5-6-14-36-25;1-20-13-22-19(24)6-4-8-26-18-10-16-14(9-17(18)25-2)12-23-7-3-5-15(23)11-21-16/h4,17-18,22,28-30H,1,5-16,19-20H2,2-3H3,(H,31,34);4,17-18,20,26,28H,1,5-16H2,2-3H3,(H,29,32);3,16-17,19,25,27H,1,4-15H2,2H3,(H,31,32);9-11,15,20H,3-8,12-13H2,1-2H3,(H,22,24)/t22-,28?,29?;20-,26?,28?;19-,25?,27?;15-/m0000/s1. The average molecular weight is 1950 g/mol. The van der Waals surface area contributed by atoms with Gasteiger partial charge in [-0.05, 0) is 217 Å². The van der Waals surface area contributed by atoms with Crippen LogP contribution in [0.15, 0.2) is 91.5 Å². The van der Waals surface area contributed by atoms with Crippen LogP contribution in [0.3, 0.4) is 0 Å². The highest BCUT2D eigenvalue weighted by Gasteiger charge is 2.51. The fraction of sp³-hybridized carbons (Fsp3) is 0.612. The monoisotopic (exact) mass is 1950 g/mol. The number of hydrogen-bond donors (Lipinski definition) is 6. The first kappa shape index (κ1) is 108. The van der Waals surface area contributed by atoms with E-state index < -0.39 is 37.2 Å². The Morgan fingerprint density at radius 2 is 0.800 bits per heavy atom. The molecule has 4 aromatic rings. The number of benzene rings is 4. The summed E-state index contributed by atoms with van der Waals surface area (Å²) in [5, 5.41) is 22.9. The van der Waals surface area contributed by atoms with Gasteiger partial charge in [0.15, 0.2) is 83.5 Å². The van der Waals surface area contributed by atoms with E-state index in [1.165, 1.54) is 32.6 Å². The number of methoxy groups -OCH3 is 4. The van der Waals surface area contributed by atoms with Crippen molar-refractivity contribution in [3.05, 3.63) is 109 Å². The van der Waals surface area contributed by atoms with Gasteiger partial charge in [0.25, 0.3) is 11.8 Å². The number of amides is 8. The predicted molar refractivity (Wildman–Crippen MR) is 526 cm³/mol. The van der Waals surface area contributed by atoms with E-state index in [9.17, 15) is 43.2 Å². The molecule has 7 fully saturated rings. The Morgan fingerprint density at radius 1 is 0.421 bits per heavy atom. The maximum absolute atomic E-state index is 13.8. The highest BCUT2D eigenvalue weighted by Crippen LogP contribution is 2.48. The van der Waals surface area contributed by atoms with Gasteiger partial charge in [0.05, 0.1) is 120 Å². The number of carboxylic acids is 1. The number of nitrogens with zero attached hydrogens (tertiary/aromatic N) is 8. The molecule has 11 aliphatic rings. The number of nitrogens with one attached hydrogen (secondary N) is 5. The minimum atomic E-state index is -0.910. The maximum atomic E-state index is 13.8. The van der Waals surface area contributed by atoms with Crippen LogP contribution in [0.25, 0.3) is 0 Å². The molecule has 768 valence electrons. The molecule has 6 unspecified atom stereocenters. The van der Waals surface area contributed by atoms with Gasteiger partial charge in [-0.2, -0.15) is 0 Å². The van der Waals surface area contributed by atoms with Crippen LogP contribution in [0, 0.1) is 0 Å². The highest BCUT2D eigenvalue weighted by atomic mass is 16.7. The molecular formula is C103H147N13O24. The third kappa shape index (κ3) is 28.9. The largest absolute Gasteiger partial charge is 0.493 e. The zero-order chi connectivity index (χ0) is 99.4. The van der Waals surface area contributed by atoms with Gasteiger partial charge in [-0.25, -0.2) is 0 Å². The fourth-order valence-corrected chi connectivity index (χ4v) is 19.4. The van der Waals surface area contributed by atoms with E-state index in [1.807, 2.05) is 34.1 Å². The lowest BCUT2D eigenvalue weighted by Gasteiger charge is -2.39. The maximum Gasteiger partial charge on any atom is 0.303 e. The van der Waals surface area contributed by atoms with Crippen molar-refractivity contribution in [2.24, 2.45) is 4.99 Å². The summed E-state index contributed by atoms with van der Waals surface area (Å²) in [6.07, 6.45) is 25.3. The number of fused-ring (bicyclic) bond motifs is 8. The Kier molecular flexibility index (Phi) is 42.7. The number of allylic oxidation sites excluding steroid dienone is 3. The molecule has 6 N–H and O–H groups in total. The second kappa shape index (κ2) is 55.4. The Bertz CT molecular complexity index is 4850. The third-order valence-electron chi connectivity index (χ3n) is 26.6. The van der Waals surface area contributed by atoms with Crippen molar-refractivity contribution in [1.82, 2.24) is 46.2 Å². The van der Waals surface area contributed by atoms with E-state index in [0.717, 1.165) is 132 Å². The molecule has 140 heavy (non-hydrogen) atoms. The highest BCUT2D eigenvalue weighted by molar-refractivity contribution is 6.09. The summed E-state index contributed by atoms with van der Waals surface area (Å²) < 4.78 is 83.6. The van der Waals surface area contributed by atoms with Crippen molar-refractivity contribution in [1.29, 1.82) is 0 Å². The smallest absolute Gasteiger partial charge is 0.303 e. The molecule has 11 heterocycles. The summed E-state index contributed by atoms with van der Waals surface area (Å²) in [6.45, 7) is 20.1. The molecule has 0 radical (unpaired) electrons. The van der Waals surface area contributed by atoms with E-state index in [4.69, 9.17) is 71.4 Å². The van der Waals surface area contributed by atoms with E-state index >= 15 is 0 Å². The summed E-state index contributed by atoms with van der Waals surface area (Å²) in [5.74, 6) is 2.29. The first-order valence-electron chi connectivity index (χ1n) is 50.0. The van der Waals surface area contributed by atoms with E-state index in [-0.39, 0.29) is 104 Å². The summed E-state index contributed by atoms with van der Waals surface area (Å²) in [7, 11) is 11.4. The molecule has 7 saturated heterocycles. The van der Waals surface area contributed by atoms with E-state index in [0.29, 0.717) is 212 Å². The van der Waals surface area contributed by atoms with E-state index in [1.54, 1.807) is 92.6 Å². The van der Waals surface area contributed by atoms with Crippen molar-refractivity contribution in [3.8, 4) is 46.0 Å². The third-order valence-corrected chi connectivity index (χ3v) is 26.6. The zero-order valence-electron chi connectivity index (χ0n) is 82.8. The van der Waals surface area contributed by atoms with Crippen LogP contribution in [0.1, 0.15) is 231 Å². The molecule has 0 bridgehead atoms. The SMILES string of the molecule is C=CCCC(=O)N1c2cc(OCCCC(=O)NC)c(OC)cc2C(=O)N2CCC[C@H]2C1OC1CCCCO1.C=CCCC(=O)N1c2cc(OCCCC(=O)NCNC)c(OC)cc2CN2CCC[C@H]2C1OC1CCCCO1.C=CCCC(=O)N1c2cc(OCCCC(=O)O)c(OC)cc2C(=O)N2CCC[C@H]2C1OC1CCCCO1.CNCNC(=O)CCCOc1cc2c(cc1OC)CN1CCC[C@H]1C=N2. The van der Waals surface area contributed by atoms with Crippen molar-refractivity contribution in [3.63, 3.8) is 0 Å². The van der Waals surface area contributed by atoms with Crippen molar-refractivity contribution in [2.75, 3.05) is 150 Å². The van der Waals surface area contributed by atoms with Gasteiger partial charge in [0.2, 0.25) is 35.4 Å². The quantitative estimate of drug-likeness (QED) is 0.0136. The number of rotatable bonds is 43. The van der Waals surface area contributed by atoms with Crippen molar-refractivity contribution < 1.29 is 115 Å². The lowest BCUT2D eigenvalue weighted by atomic mass is 10.1. The van der Waals surface area contributed by atoms with Gasteiger partial charge in [-0.3, -0.25) is 72.6 Å². The summed E-state index contributed by atoms with van der Waals surface area (Å²) in [6, 6.07) is 14.3. The van der Waals surface area contributed by atoms with Crippen LogP contribution in [0.5, 0.6) is 46.0 Å². The number of hydrogen-bond acceptors (Lipinski definition) is 28. The number of carboxylic acid groups (broad SMARTS) is 1. The Labute approximate surface area is 822 Å². The molecule has 8 amide bonds. The summed E-state index contributed by atoms with van der Waals surface area (Å²) in [5.41, 5.74) is 5.42. The van der Waals surface area contributed by atoms with Crippen molar-refractivity contribution in [2.45, 2.75) is 274 Å². The lowest BCUT2D eigenvalue weighted by Crippen LogP contribution is -2.54. The van der Waals surface area contributed by atoms with Gasteiger partial charge in [-0.15, -0.1) is 19.7 Å². The fourth-order valence-electron chi connectivity index (χ4n) is 19.4. The zero-order valence-corrected chi connectivity index (χ0v) is 82.8. The average Bonchev–Trinajstić information content (AvgIpc) is 1.60. The molecule has 0 aliphatic carbocycles. The van der Waals surface area contributed by atoms with Crippen LogP contribution in [0.2, 0.25) is 0 Å². The number of aliphatic carboxylic acids is 1. The molecule has 0 saturated carbocycles. The van der Waals surface area contributed by atoms with E-state index in [2.05, 4.69) is 67.3 Å². The molecule has 0 aromatic heterocycles. The number of ether oxygens (including phenoxy) is 14. The first-order valence-corrected chi connectivity index (χ1v) is 50.0. The summed E-state index contributed by atoms with van der Waals surface area (Å²) in [4.78, 5) is 133. The molecular weight excluding hydrogens is 1800 g/mol. The minimum Gasteiger partial charge on any atom is -0.493 e. The molecule has 37 heteroatoms. The number of anilines is 3. The second-order valence-corrected chi connectivity index (χ2v) is 36.2. The lowest BCUT2D eigenvalue weighted by molar-refractivity contribution is -0.199. The second-order valence-electron chi connectivity index (χ2n) is 36.2. The topological polar surface area (TPSA) is 398 Å². The molecule has 4 aromatic carbocycles. The van der Waals surface area contributed by atoms with Gasteiger partial charge in [0, 0.05) is 135 Å². The van der Waals surface area contributed by atoms with Crippen LogP contribution < -0.4 is 79.2 Å². The molecule has 10 atom stereocenters. The number of carbonyl (C=O) groups excluding carboxylic acids is 8. The molecule has 11 aliphatic heterocycles. The van der Waals surface area contributed by atoms with Crippen LogP contribution in [0.4, 0.5) is 22.7 Å². The summed E-state index contributed by atoms with van der Waals surface area (Å²) >= 11 is 0. The van der Waals surface area contributed by atoms with Crippen molar-refractivity contribution >= 4 is 82.2 Å². The predicted octanol–water partition coefficient (Wildman–Crippen LogP) is 12.2. The van der Waals surface area contributed by atoms with Gasteiger partial charge < -0.3 is 108 Å².